The number of carbonyl (C=O) groups excluding carboxylic acids is 1. The monoisotopic (exact) mass is 328 g/mol. The van der Waals surface area contributed by atoms with Gasteiger partial charge in [-0.15, -0.1) is 0 Å². The number of aromatic nitrogens is 3. The molecule has 1 amide bonds. The second kappa shape index (κ2) is 6.45. The third kappa shape index (κ3) is 2.67. The molecule has 24 heavy (non-hydrogen) atoms. The van der Waals surface area contributed by atoms with Crippen molar-refractivity contribution in [2.75, 3.05) is 20.3 Å². The van der Waals surface area contributed by atoms with Crippen molar-refractivity contribution < 1.29 is 9.53 Å². The largest absolute Gasteiger partial charge is 0.383 e. The van der Waals surface area contributed by atoms with E-state index in [4.69, 9.17) is 4.74 Å². The van der Waals surface area contributed by atoms with E-state index in [0.29, 0.717) is 18.8 Å². The van der Waals surface area contributed by atoms with E-state index in [1.165, 1.54) is 6.07 Å². The molecule has 0 radical (unpaired) electrons. The Bertz CT molecular complexity index is 958. The standard InChI is InChI=1S/C17H20N4O3/c1-11-10-15(22)19-16-13-6-4-5-7-14(13)21(20(11)16)12(2)17(23)18-8-9-24-3/h4-7,10,12H,8-9H2,1-3H3,(H,18,23)/t12-/m1/s1. The smallest absolute Gasteiger partial charge is 0.273 e. The number of aryl methyl sites for hydroxylation is 1. The van der Waals surface area contributed by atoms with Gasteiger partial charge in [0.15, 0.2) is 5.65 Å². The van der Waals surface area contributed by atoms with Gasteiger partial charge in [0.1, 0.15) is 6.04 Å². The zero-order chi connectivity index (χ0) is 17.3. The van der Waals surface area contributed by atoms with Gasteiger partial charge < -0.3 is 10.1 Å². The summed E-state index contributed by atoms with van der Waals surface area (Å²) in [7, 11) is 1.59. The van der Waals surface area contributed by atoms with Gasteiger partial charge >= 0.3 is 0 Å². The maximum absolute atomic E-state index is 12.5. The zero-order valence-electron chi connectivity index (χ0n) is 13.9. The Labute approximate surface area is 138 Å². The maximum atomic E-state index is 12.5. The molecule has 2 aromatic heterocycles. The number of ether oxygens (including phenoxy) is 1. The molecule has 2 heterocycles. The minimum atomic E-state index is -0.466. The molecule has 7 heteroatoms. The van der Waals surface area contributed by atoms with Crippen LogP contribution in [0.15, 0.2) is 35.1 Å². The summed E-state index contributed by atoms with van der Waals surface area (Å²) >= 11 is 0. The second-order valence-corrected chi connectivity index (χ2v) is 5.69. The number of fused-ring (bicyclic) bond motifs is 3. The van der Waals surface area contributed by atoms with Gasteiger partial charge in [-0.1, -0.05) is 12.1 Å². The summed E-state index contributed by atoms with van der Waals surface area (Å²) in [4.78, 5) is 28.4. The molecule has 0 spiro atoms. The van der Waals surface area contributed by atoms with Gasteiger partial charge in [-0.25, -0.2) is 4.52 Å². The van der Waals surface area contributed by atoms with E-state index in [1.807, 2.05) is 47.3 Å². The predicted molar refractivity (Wildman–Crippen MR) is 91.3 cm³/mol. The van der Waals surface area contributed by atoms with Crippen molar-refractivity contribution in [3.63, 3.8) is 0 Å². The number of hydrogen-bond acceptors (Lipinski definition) is 4. The molecule has 0 aliphatic carbocycles. The van der Waals surface area contributed by atoms with Crippen LogP contribution < -0.4 is 10.9 Å². The molecule has 3 aromatic rings. The van der Waals surface area contributed by atoms with Crippen molar-refractivity contribution in [3.8, 4) is 0 Å². The SMILES string of the molecule is COCCNC(=O)[C@@H](C)n1c2ccccc2c2nc(=O)cc(C)n21. The molecule has 1 atom stereocenters. The lowest BCUT2D eigenvalue weighted by Gasteiger charge is -2.18. The number of para-hydroxylation sites is 1. The lowest BCUT2D eigenvalue weighted by molar-refractivity contribution is -0.124. The molecule has 0 unspecified atom stereocenters. The van der Waals surface area contributed by atoms with Gasteiger partial charge in [-0.2, -0.15) is 4.98 Å². The molecule has 7 nitrogen and oxygen atoms in total. The molecule has 1 N–H and O–H groups in total. The number of carbonyl (C=O) groups is 1. The predicted octanol–water partition coefficient (Wildman–Crippen LogP) is 1.28. The number of methoxy groups -OCH3 is 1. The highest BCUT2D eigenvalue weighted by Gasteiger charge is 2.21. The quantitative estimate of drug-likeness (QED) is 0.716. The van der Waals surface area contributed by atoms with Crippen LogP contribution in [0.25, 0.3) is 16.6 Å². The van der Waals surface area contributed by atoms with Gasteiger partial charge in [0.2, 0.25) is 5.91 Å². The van der Waals surface area contributed by atoms with Crippen LogP contribution in [0, 0.1) is 6.92 Å². The van der Waals surface area contributed by atoms with Crippen LogP contribution in [0.4, 0.5) is 0 Å². The Balaban J connectivity index is 2.18. The van der Waals surface area contributed by atoms with E-state index in [0.717, 1.165) is 16.6 Å². The average molecular weight is 328 g/mol. The lowest BCUT2D eigenvalue weighted by Crippen LogP contribution is -2.34. The fourth-order valence-electron chi connectivity index (χ4n) is 2.92. The summed E-state index contributed by atoms with van der Waals surface area (Å²) in [6.45, 7) is 4.56. The van der Waals surface area contributed by atoms with Crippen molar-refractivity contribution in [1.29, 1.82) is 0 Å². The van der Waals surface area contributed by atoms with Gasteiger partial charge in [-0.3, -0.25) is 14.3 Å². The van der Waals surface area contributed by atoms with E-state index in [1.54, 1.807) is 7.11 Å². The molecule has 0 fully saturated rings. The molecule has 0 aliphatic rings. The number of rotatable bonds is 5. The molecule has 0 saturated heterocycles. The Hall–Kier alpha value is -2.67. The highest BCUT2D eigenvalue weighted by molar-refractivity contribution is 5.94. The van der Waals surface area contributed by atoms with Gasteiger partial charge in [0, 0.05) is 30.8 Å². The fourth-order valence-corrected chi connectivity index (χ4v) is 2.92. The second-order valence-electron chi connectivity index (χ2n) is 5.69. The van der Waals surface area contributed by atoms with Crippen molar-refractivity contribution in [1.82, 2.24) is 19.5 Å². The zero-order valence-corrected chi connectivity index (χ0v) is 13.9. The summed E-state index contributed by atoms with van der Waals surface area (Å²) in [5, 5.41) is 3.69. The maximum Gasteiger partial charge on any atom is 0.273 e. The topological polar surface area (TPSA) is 77.6 Å². The average Bonchev–Trinajstić information content (AvgIpc) is 2.89. The van der Waals surface area contributed by atoms with Crippen molar-refractivity contribution in [2.24, 2.45) is 0 Å². The highest BCUT2D eigenvalue weighted by Crippen LogP contribution is 2.24. The van der Waals surface area contributed by atoms with Crippen molar-refractivity contribution >= 4 is 22.5 Å². The van der Waals surface area contributed by atoms with E-state index >= 15 is 0 Å². The number of amides is 1. The molecule has 126 valence electrons. The van der Waals surface area contributed by atoms with Crippen LogP contribution in [0.3, 0.4) is 0 Å². The minimum Gasteiger partial charge on any atom is -0.383 e. The number of hydrogen-bond donors (Lipinski definition) is 1. The van der Waals surface area contributed by atoms with Gasteiger partial charge in [0.05, 0.1) is 12.1 Å². The summed E-state index contributed by atoms with van der Waals surface area (Å²) in [6, 6.07) is 8.63. The third-order valence-corrected chi connectivity index (χ3v) is 4.04. The fraction of sp³-hybridized carbons (Fsp3) is 0.353. The number of benzene rings is 1. The first kappa shape index (κ1) is 16.2. The van der Waals surface area contributed by atoms with Gasteiger partial charge in [-0.05, 0) is 26.0 Å². The summed E-state index contributed by atoms with van der Waals surface area (Å²) < 4.78 is 8.66. The normalized spacial score (nSPS) is 12.6. The van der Waals surface area contributed by atoms with Crippen LogP contribution in [-0.2, 0) is 9.53 Å². The molecule has 0 bridgehead atoms. The van der Waals surface area contributed by atoms with Crippen LogP contribution in [0.5, 0.6) is 0 Å². The molecule has 3 rings (SSSR count). The Morgan fingerprint density at radius 2 is 2.12 bits per heavy atom. The van der Waals surface area contributed by atoms with E-state index < -0.39 is 6.04 Å². The summed E-state index contributed by atoms with van der Waals surface area (Å²) in [5.74, 6) is -0.118. The molecule has 1 aromatic carbocycles. The van der Waals surface area contributed by atoms with Crippen LogP contribution in [0.1, 0.15) is 18.7 Å². The van der Waals surface area contributed by atoms with Crippen LogP contribution in [-0.4, -0.2) is 40.3 Å². The molecular weight excluding hydrogens is 308 g/mol. The van der Waals surface area contributed by atoms with E-state index in [9.17, 15) is 9.59 Å². The summed E-state index contributed by atoms with van der Waals surface area (Å²) in [6.07, 6.45) is 0. The van der Waals surface area contributed by atoms with E-state index in [-0.39, 0.29) is 11.5 Å². The first-order chi connectivity index (χ1) is 11.5. The van der Waals surface area contributed by atoms with Crippen LogP contribution in [0.2, 0.25) is 0 Å². The molecule has 0 aliphatic heterocycles. The lowest BCUT2D eigenvalue weighted by atomic mass is 10.2. The molecular formula is C17H20N4O3. The first-order valence-electron chi connectivity index (χ1n) is 7.81. The number of nitrogens with one attached hydrogen (secondary N) is 1. The van der Waals surface area contributed by atoms with Crippen molar-refractivity contribution in [2.45, 2.75) is 19.9 Å². The number of nitrogens with zero attached hydrogens (tertiary/aromatic N) is 3. The molecule has 0 saturated carbocycles. The minimum absolute atomic E-state index is 0.118. The highest BCUT2D eigenvalue weighted by atomic mass is 16.5. The van der Waals surface area contributed by atoms with Crippen molar-refractivity contribution in [3.05, 3.63) is 46.4 Å². The Kier molecular flexibility index (Phi) is 4.35. The van der Waals surface area contributed by atoms with Crippen LogP contribution >= 0.6 is 0 Å². The Morgan fingerprint density at radius 3 is 2.88 bits per heavy atom. The Morgan fingerprint density at radius 1 is 1.38 bits per heavy atom. The summed E-state index contributed by atoms with van der Waals surface area (Å²) in [5.41, 5.74) is 1.87. The van der Waals surface area contributed by atoms with Gasteiger partial charge in [0.25, 0.3) is 5.56 Å². The van der Waals surface area contributed by atoms with E-state index in [2.05, 4.69) is 10.3 Å². The third-order valence-electron chi connectivity index (χ3n) is 4.04. The first-order valence-corrected chi connectivity index (χ1v) is 7.81.